The van der Waals surface area contributed by atoms with Gasteiger partial charge in [0, 0.05) is 6.20 Å². The lowest BCUT2D eigenvalue weighted by Gasteiger charge is -2.16. The maximum atomic E-state index is 13.5. The number of hydrogen-bond acceptors (Lipinski definition) is 3. The van der Waals surface area contributed by atoms with Crippen molar-refractivity contribution in [3.8, 4) is 0 Å². The summed E-state index contributed by atoms with van der Waals surface area (Å²) in [6.07, 6.45) is 1.53. The molecule has 1 aromatic heterocycles. The molecule has 1 heterocycles. The van der Waals surface area contributed by atoms with Gasteiger partial charge in [0.15, 0.2) is 0 Å². The molecule has 0 bridgehead atoms. The van der Waals surface area contributed by atoms with Gasteiger partial charge in [0.2, 0.25) is 0 Å². The molecule has 0 aliphatic carbocycles. The molecule has 3 nitrogen and oxygen atoms in total. The van der Waals surface area contributed by atoms with E-state index < -0.39 is 0 Å². The second-order valence-electron chi connectivity index (χ2n) is 4.01. The Labute approximate surface area is 110 Å². The third kappa shape index (κ3) is 2.67. The summed E-state index contributed by atoms with van der Waals surface area (Å²) in [5, 5.41) is 0.546. The largest absolute Gasteiger partial charge is 0.271 e. The highest BCUT2D eigenvalue weighted by Gasteiger charge is 2.14. The molecule has 2 rings (SSSR count). The molecule has 0 saturated carbocycles. The lowest BCUT2D eigenvalue weighted by atomic mass is 10.0. The van der Waals surface area contributed by atoms with E-state index in [4.69, 9.17) is 17.4 Å². The van der Waals surface area contributed by atoms with Crippen LogP contribution in [-0.2, 0) is 0 Å². The number of pyridine rings is 1. The first-order valence-electron chi connectivity index (χ1n) is 5.45. The van der Waals surface area contributed by atoms with Gasteiger partial charge in [-0.15, -0.1) is 0 Å². The Balaban J connectivity index is 2.38. The molecule has 1 atom stereocenters. The summed E-state index contributed by atoms with van der Waals surface area (Å²) < 4.78 is 13.5. The van der Waals surface area contributed by atoms with Crippen LogP contribution in [0.4, 0.5) is 4.39 Å². The molecule has 3 N–H and O–H groups in total. The van der Waals surface area contributed by atoms with Gasteiger partial charge in [-0.3, -0.25) is 10.8 Å². The fourth-order valence-corrected chi connectivity index (χ4v) is 1.81. The number of rotatable bonds is 3. The Bertz CT molecular complexity index is 542. The molecule has 5 heteroatoms. The van der Waals surface area contributed by atoms with E-state index >= 15 is 0 Å². The van der Waals surface area contributed by atoms with E-state index in [0.717, 1.165) is 5.56 Å². The molecule has 1 unspecified atom stereocenters. The summed E-state index contributed by atoms with van der Waals surface area (Å²) in [4.78, 5) is 4.18. The molecule has 18 heavy (non-hydrogen) atoms. The predicted molar refractivity (Wildman–Crippen MR) is 69.6 cm³/mol. The summed E-state index contributed by atoms with van der Waals surface area (Å²) in [6, 6.07) is 8.10. The van der Waals surface area contributed by atoms with E-state index in [1.54, 1.807) is 25.1 Å². The van der Waals surface area contributed by atoms with Crippen LogP contribution in [0.1, 0.15) is 22.9 Å². The number of nitrogens with two attached hydrogens (primary N) is 1. The molecule has 94 valence electrons. The highest BCUT2D eigenvalue weighted by molar-refractivity contribution is 6.30. The summed E-state index contributed by atoms with van der Waals surface area (Å²) in [6.45, 7) is 1.71. The second-order valence-corrected chi connectivity index (χ2v) is 4.45. The summed E-state index contributed by atoms with van der Waals surface area (Å²) >= 11 is 5.78. The number of aromatic nitrogens is 1. The molecule has 0 fully saturated rings. The summed E-state index contributed by atoms with van der Waals surface area (Å²) in [5.41, 5.74) is 4.63. The Morgan fingerprint density at radius 3 is 2.67 bits per heavy atom. The topological polar surface area (TPSA) is 50.9 Å². The smallest absolute Gasteiger partial charge is 0.126 e. The Kier molecular flexibility index (Phi) is 3.91. The van der Waals surface area contributed by atoms with Crippen molar-refractivity contribution in [2.24, 2.45) is 5.84 Å². The van der Waals surface area contributed by atoms with E-state index in [2.05, 4.69) is 10.4 Å². The van der Waals surface area contributed by atoms with Crippen LogP contribution in [0.15, 0.2) is 36.5 Å². The van der Waals surface area contributed by atoms with Crippen LogP contribution in [-0.4, -0.2) is 4.98 Å². The Morgan fingerprint density at radius 2 is 2.11 bits per heavy atom. The highest BCUT2D eigenvalue weighted by atomic mass is 35.5. The van der Waals surface area contributed by atoms with Crippen LogP contribution in [0.2, 0.25) is 5.02 Å². The molecule has 1 aromatic carbocycles. The minimum Gasteiger partial charge on any atom is -0.271 e. The van der Waals surface area contributed by atoms with E-state index in [1.807, 2.05) is 6.07 Å². The first-order valence-corrected chi connectivity index (χ1v) is 5.83. The van der Waals surface area contributed by atoms with E-state index in [9.17, 15) is 4.39 Å². The summed E-state index contributed by atoms with van der Waals surface area (Å²) in [5.74, 6) is 5.26. The van der Waals surface area contributed by atoms with Crippen LogP contribution < -0.4 is 11.3 Å². The zero-order chi connectivity index (χ0) is 13.1. The van der Waals surface area contributed by atoms with Crippen molar-refractivity contribution < 1.29 is 4.39 Å². The second kappa shape index (κ2) is 5.44. The van der Waals surface area contributed by atoms with Gasteiger partial charge >= 0.3 is 0 Å². The highest BCUT2D eigenvalue weighted by Crippen LogP contribution is 2.22. The van der Waals surface area contributed by atoms with Crippen molar-refractivity contribution >= 4 is 11.6 Å². The normalized spacial score (nSPS) is 12.4. The lowest BCUT2D eigenvalue weighted by molar-refractivity contribution is 0.593. The lowest BCUT2D eigenvalue weighted by Crippen LogP contribution is -2.29. The van der Waals surface area contributed by atoms with E-state index in [-0.39, 0.29) is 11.9 Å². The molecule has 0 aliphatic heterocycles. The third-order valence-electron chi connectivity index (χ3n) is 2.74. The monoisotopic (exact) mass is 265 g/mol. The SMILES string of the molecule is Cc1ccc(C(NN)c2ccc(Cl)cn2)cc1F. The zero-order valence-electron chi connectivity index (χ0n) is 9.82. The van der Waals surface area contributed by atoms with Gasteiger partial charge in [0.25, 0.3) is 0 Å². The van der Waals surface area contributed by atoms with Crippen LogP contribution in [0.25, 0.3) is 0 Å². The third-order valence-corrected chi connectivity index (χ3v) is 2.97. The van der Waals surface area contributed by atoms with Crippen LogP contribution >= 0.6 is 11.6 Å². The van der Waals surface area contributed by atoms with Gasteiger partial charge in [-0.2, -0.15) is 0 Å². The predicted octanol–water partition coefficient (Wildman–Crippen LogP) is 2.74. The number of nitrogens with zero attached hydrogens (tertiary/aromatic N) is 1. The first kappa shape index (κ1) is 13.0. The van der Waals surface area contributed by atoms with Gasteiger partial charge in [0.05, 0.1) is 16.8 Å². The Hall–Kier alpha value is -1.49. The van der Waals surface area contributed by atoms with Crippen LogP contribution in [0.3, 0.4) is 0 Å². The maximum Gasteiger partial charge on any atom is 0.126 e. The molecule has 0 radical (unpaired) electrons. The molecular formula is C13H13ClFN3. The number of benzene rings is 1. The molecule has 0 saturated heterocycles. The number of aryl methyl sites for hydroxylation is 1. The fraction of sp³-hybridized carbons (Fsp3) is 0.154. The minimum atomic E-state index is -0.364. The van der Waals surface area contributed by atoms with Crippen molar-refractivity contribution in [2.45, 2.75) is 13.0 Å². The molecule has 0 amide bonds. The summed E-state index contributed by atoms with van der Waals surface area (Å²) in [7, 11) is 0. The van der Waals surface area contributed by atoms with Crippen molar-refractivity contribution in [1.82, 2.24) is 10.4 Å². The average Bonchev–Trinajstić information content (AvgIpc) is 2.37. The first-order chi connectivity index (χ1) is 8.61. The van der Waals surface area contributed by atoms with Crippen molar-refractivity contribution in [1.29, 1.82) is 0 Å². The molecular weight excluding hydrogens is 253 g/mol. The molecule has 0 aliphatic rings. The standard InChI is InChI=1S/C13H13ClFN3/c1-8-2-3-9(6-11(8)15)13(18-16)12-5-4-10(14)7-17-12/h2-7,13,18H,16H2,1H3. The van der Waals surface area contributed by atoms with Gasteiger partial charge < -0.3 is 0 Å². The molecule has 2 aromatic rings. The van der Waals surface area contributed by atoms with E-state index in [0.29, 0.717) is 16.3 Å². The van der Waals surface area contributed by atoms with Gasteiger partial charge in [0.1, 0.15) is 5.82 Å². The van der Waals surface area contributed by atoms with Gasteiger partial charge in [-0.25, -0.2) is 9.82 Å². The zero-order valence-corrected chi connectivity index (χ0v) is 10.6. The number of hydrazine groups is 1. The van der Waals surface area contributed by atoms with Gasteiger partial charge in [-0.1, -0.05) is 23.7 Å². The number of nitrogens with one attached hydrogen (secondary N) is 1. The fourth-order valence-electron chi connectivity index (χ4n) is 1.70. The van der Waals surface area contributed by atoms with Gasteiger partial charge in [-0.05, 0) is 36.2 Å². The Morgan fingerprint density at radius 1 is 1.33 bits per heavy atom. The van der Waals surface area contributed by atoms with Crippen molar-refractivity contribution in [3.63, 3.8) is 0 Å². The maximum absolute atomic E-state index is 13.5. The number of hydrogen-bond donors (Lipinski definition) is 2. The quantitative estimate of drug-likeness (QED) is 0.663. The average molecular weight is 266 g/mol. The van der Waals surface area contributed by atoms with Crippen molar-refractivity contribution in [2.75, 3.05) is 0 Å². The van der Waals surface area contributed by atoms with Crippen LogP contribution in [0, 0.1) is 12.7 Å². The van der Waals surface area contributed by atoms with Crippen molar-refractivity contribution in [3.05, 3.63) is 64.2 Å². The molecule has 0 spiro atoms. The van der Waals surface area contributed by atoms with E-state index in [1.165, 1.54) is 12.3 Å². The minimum absolute atomic E-state index is 0.262. The number of halogens is 2. The van der Waals surface area contributed by atoms with Crippen LogP contribution in [0.5, 0.6) is 0 Å².